The van der Waals surface area contributed by atoms with E-state index in [9.17, 15) is 4.79 Å². The fraction of sp³-hybridized carbons (Fsp3) is 0.562. The van der Waals surface area contributed by atoms with E-state index in [1.165, 1.54) is 18.4 Å². The van der Waals surface area contributed by atoms with Gasteiger partial charge < -0.3 is 4.79 Å². The van der Waals surface area contributed by atoms with Crippen LogP contribution in [-0.4, -0.2) is 5.78 Å². The molecule has 0 radical (unpaired) electrons. The molecule has 1 heteroatoms. The van der Waals surface area contributed by atoms with E-state index in [1.54, 1.807) is 6.92 Å². The van der Waals surface area contributed by atoms with Gasteiger partial charge in [0.2, 0.25) is 0 Å². The van der Waals surface area contributed by atoms with E-state index in [0.29, 0.717) is 5.78 Å². The lowest BCUT2D eigenvalue weighted by Gasteiger charge is -2.05. The van der Waals surface area contributed by atoms with Gasteiger partial charge in [-0.3, -0.25) is 0 Å². The van der Waals surface area contributed by atoms with Crippen molar-refractivity contribution in [2.45, 2.75) is 59.3 Å². The monoisotopic (exact) mass is 234 g/mol. The molecule has 0 unspecified atom stereocenters. The highest BCUT2D eigenvalue weighted by Gasteiger charge is 1.98. The molecule has 0 fully saturated rings. The van der Waals surface area contributed by atoms with Crippen molar-refractivity contribution in [2.75, 3.05) is 0 Å². The fourth-order valence-corrected chi connectivity index (χ4v) is 1.56. The topological polar surface area (TPSA) is 17.1 Å². The predicted octanol–water partition coefficient (Wildman–Crippen LogP) is 4.99. The third-order valence-corrected chi connectivity index (χ3v) is 2.65. The molecule has 1 rings (SSSR count). The maximum atomic E-state index is 10.7. The smallest absolute Gasteiger partial charge is 0.129 e. The van der Waals surface area contributed by atoms with Crippen LogP contribution in [0.15, 0.2) is 36.0 Å². The molecule has 0 atom stereocenters. The Balaban J connectivity index is 0.000000557. The predicted molar refractivity (Wildman–Crippen MR) is 76.1 cm³/mol. The minimum absolute atomic E-state index is 0.313. The van der Waals surface area contributed by atoms with Crippen LogP contribution in [-0.2, 0) is 4.79 Å². The molecule has 0 amide bonds. The lowest BCUT2D eigenvalue weighted by molar-refractivity contribution is -0.117. The normalized spacial score (nSPS) is 14.2. The highest BCUT2D eigenvalue weighted by atomic mass is 16.1. The SMILES string of the molecule is C/C=C\C.CC(=O)CCCCC1=CCCC=C1. The first-order chi connectivity index (χ1) is 8.20. The van der Waals surface area contributed by atoms with E-state index in [4.69, 9.17) is 0 Å². The maximum Gasteiger partial charge on any atom is 0.129 e. The van der Waals surface area contributed by atoms with Crippen LogP contribution >= 0.6 is 0 Å². The van der Waals surface area contributed by atoms with Crippen LogP contribution in [0.2, 0.25) is 0 Å². The van der Waals surface area contributed by atoms with E-state index in [-0.39, 0.29) is 0 Å². The third kappa shape index (κ3) is 11.2. The number of Topliss-reactive ketones (excluding diaryl/α,β-unsaturated/α-hetero) is 1. The minimum atomic E-state index is 0.313. The van der Waals surface area contributed by atoms with Crippen molar-refractivity contribution in [1.82, 2.24) is 0 Å². The molecule has 1 nitrogen and oxygen atoms in total. The molecular weight excluding hydrogens is 208 g/mol. The largest absolute Gasteiger partial charge is 0.300 e. The van der Waals surface area contributed by atoms with E-state index < -0.39 is 0 Å². The number of allylic oxidation sites excluding steroid dienone is 6. The molecule has 0 saturated heterocycles. The van der Waals surface area contributed by atoms with Crippen LogP contribution in [0.1, 0.15) is 59.3 Å². The van der Waals surface area contributed by atoms with E-state index >= 15 is 0 Å². The van der Waals surface area contributed by atoms with Gasteiger partial charge in [-0.05, 0) is 52.9 Å². The van der Waals surface area contributed by atoms with Crippen molar-refractivity contribution < 1.29 is 4.79 Å². The number of hydrogen-bond acceptors (Lipinski definition) is 1. The molecule has 0 aromatic rings. The Morgan fingerprint density at radius 2 is 1.94 bits per heavy atom. The molecule has 1 aliphatic carbocycles. The van der Waals surface area contributed by atoms with Crippen LogP contribution in [0.25, 0.3) is 0 Å². The first-order valence-corrected chi connectivity index (χ1v) is 6.63. The molecule has 0 spiro atoms. The minimum Gasteiger partial charge on any atom is -0.300 e. The van der Waals surface area contributed by atoms with Gasteiger partial charge in [0, 0.05) is 6.42 Å². The second-order valence-electron chi connectivity index (χ2n) is 4.33. The summed E-state index contributed by atoms with van der Waals surface area (Å²) in [4.78, 5) is 10.7. The summed E-state index contributed by atoms with van der Waals surface area (Å²) in [6.07, 6.45) is 17.2. The maximum absolute atomic E-state index is 10.7. The second kappa shape index (κ2) is 11.4. The summed E-state index contributed by atoms with van der Waals surface area (Å²) in [6.45, 7) is 5.67. The van der Waals surface area contributed by atoms with Gasteiger partial charge in [0.05, 0.1) is 0 Å². The third-order valence-electron chi connectivity index (χ3n) is 2.65. The molecule has 0 saturated carbocycles. The Bertz CT molecular complexity index is 278. The van der Waals surface area contributed by atoms with Crippen LogP contribution in [0.5, 0.6) is 0 Å². The average molecular weight is 234 g/mol. The van der Waals surface area contributed by atoms with Gasteiger partial charge in [-0.25, -0.2) is 0 Å². The summed E-state index contributed by atoms with van der Waals surface area (Å²) in [5.41, 5.74) is 1.45. The molecule has 17 heavy (non-hydrogen) atoms. The standard InChI is InChI=1S/C12H18O.C4H8/c1-11(13)7-5-6-10-12-8-3-2-4-9-12;1-3-4-2/h3,8-9H,2,4-7,10H2,1H3;3-4H,1-2H3/b;4-3-. The van der Waals surface area contributed by atoms with Crippen LogP contribution < -0.4 is 0 Å². The van der Waals surface area contributed by atoms with Gasteiger partial charge >= 0.3 is 0 Å². The fourth-order valence-electron chi connectivity index (χ4n) is 1.56. The number of carbonyl (C=O) groups excluding carboxylic acids is 1. The summed E-state index contributed by atoms with van der Waals surface area (Å²) in [6, 6.07) is 0. The van der Waals surface area contributed by atoms with Gasteiger partial charge in [0.1, 0.15) is 5.78 Å². The number of hydrogen-bond donors (Lipinski definition) is 0. The number of unbranched alkanes of at least 4 members (excludes halogenated alkanes) is 1. The highest BCUT2D eigenvalue weighted by molar-refractivity contribution is 5.75. The zero-order valence-corrected chi connectivity index (χ0v) is 11.5. The van der Waals surface area contributed by atoms with Crippen molar-refractivity contribution in [3.63, 3.8) is 0 Å². The van der Waals surface area contributed by atoms with E-state index in [2.05, 4.69) is 18.2 Å². The Hall–Kier alpha value is -1.11. The first-order valence-electron chi connectivity index (χ1n) is 6.63. The van der Waals surface area contributed by atoms with Crippen molar-refractivity contribution in [2.24, 2.45) is 0 Å². The average Bonchev–Trinajstić information content (AvgIpc) is 2.36. The molecule has 0 aliphatic heterocycles. The summed E-state index contributed by atoms with van der Waals surface area (Å²) in [5, 5.41) is 0. The van der Waals surface area contributed by atoms with Gasteiger partial charge in [-0.15, -0.1) is 0 Å². The van der Waals surface area contributed by atoms with Gasteiger partial charge in [0.25, 0.3) is 0 Å². The first kappa shape index (κ1) is 15.9. The summed E-state index contributed by atoms with van der Waals surface area (Å²) in [7, 11) is 0. The van der Waals surface area contributed by atoms with Crippen molar-refractivity contribution >= 4 is 5.78 Å². The lowest BCUT2D eigenvalue weighted by atomic mass is 10.0. The van der Waals surface area contributed by atoms with Crippen molar-refractivity contribution in [3.05, 3.63) is 36.0 Å². The highest BCUT2D eigenvalue weighted by Crippen LogP contribution is 2.16. The molecule has 0 heterocycles. The Kier molecular flexibility index (Phi) is 10.6. The Labute approximate surface area is 106 Å². The van der Waals surface area contributed by atoms with E-state index in [0.717, 1.165) is 25.7 Å². The molecular formula is C16H26O. The molecule has 0 N–H and O–H groups in total. The van der Waals surface area contributed by atoms with Crippen LogP contribution in [0.3, 0.4) is 0 Å². The summed E-state index contributed by atoms with van der Waals surface area (Å²) in [5.74, 6) is 0.313. The Morgan fingerprint density at radius 1 is 1.24 bits per heavy atom. The molecule has 96 valence electrons. The van der Waals surface area contributed by atoms with Gasteiger partial charge in [-0.2, -0.15) is 0 Å². The molecule has 0 aromatic heterocycles. The van der Waals surface area contributed by atoms with Gasteiger partial charge in [0.15, 0.2) is 0 Å². The zero-order chi connectivity index (χ0) is 12.9. The van der Waals surface area contributed by atoms with Crippen LogP contribution in [0, 0.1) is 0 Å². The van der Waals surface area contributed by atoms with Crippen LogP contribution in [0.4, 0.5) is 0 Å². The summed E-state index contributed by atoms with van der Waals surface area (Å²) >= 11 is 0. The number of rotatable bonds is 5. The molecule has 1 aliphatic rings. The van der Waals surface area contributed by atoms with Crippen molar-refractivity contribution in [3.8, 4) is 0 Å². The van der Waals surface area contributed by atoms with Gasteiger partial charge in [-0.1, -0.05) is 36.0 Å². The molecule has 0 aromatic carbocycles. The Morgan fingerprint density at radius 3 is 2.41 bits per heavy atom. The number of ketones is 1. The number of carbonyl (C=O) groups is 1. The molecule has 0 bridgehead atoms. The van der Waals surface area contributed by atoms with Crippen molar-refractivity contribution in [1.29, 1.82) is 0 Å². The lowest BCUT2D eigenvalue weighted by Crippen LogP contribution is -1.90. The zero-order valence-electron chi connectivity index (χ0n) is 11.5. The summed E-state index contributed by atoms with van der Waals surface area (Å²) < 4.78 is 0. The second-order valence-corrected chi connectivity index (χ2v) is 4.33. The van der Waals surface area contributed by atoms with E-state index in [1.807, 2.05) is 26.0 Å². The quantitative estimate of drug-likeness (QED) is 0.483.